The Labute approximate surface area is 221 Å². The molecule has 188 valence electrons. The molecule has 6 heteroatoms. The Morgan fingerprint density at radius 1 is 0.784 bits per heavy atom. The first-order valence-corrected chi connectivity index (χ1v) is 12.5. The van der Waals surface area contributed by atoms with Gasteiger partial charge in [0.05, 0.1) is 0 Å². The molecule has 0 fully saturated rings. The predicted octanol–water partition coefficient (Wildman–Crippen LogP) is 6.50. The quantitative estimate of drug-likeness (QED) is 0.263. The van der Waals surface area contributed by atoms with Crippen LogP contribution >= 0.6 is 11.6 Å². The van der Waals surface area contributed by atoms with E-state index in [1.165, 1.54) is 12.1 Å². The summed E-state index contributed by atoms with van der Waals surface area (Å²) in [5.74, 6) is -0.848. The van der Waals surface area contributed by atoms with Crippen molar-refractivity contribution in [2.24, 2.45) is 0 Å². The summed E-state index contributed by atoms with van der Waals surface area (Å²) in [6, 6.07) is 31.4. The summed E-state index contributed by atoms with van der Waals surface area (Å²) in [5.41, 5.74) is 3.24. The van der Waals surface area contributed by atoms with Crippen molar-refractivity contribution >= 4 is 23.4 Å². The Morgan fingerprint density at radius 3 is 2.08 bits per heavy atom. The summed E-state index contributed by atoms with van der Waals surface area (Å²) >= 11 is 6.29. The van der Waals surface area contributed by atoms with E-state index in [2.05, 4.69) is 5.32 Å². The molecule has 0 unspecified atom stereocenters. The molecule has 0 aliphatic carbocycles. The van der Waals surface area contributed by atoms with Crippen molar-refractivity contribution < 1.29 is 14.0 Å². The standard InChI is InChI=1S/C31H28ClFN2O2/c32-28-14-8-7-13-26(28)21-34-31(37)30(25-11-5-2-6-12-25)35(22-24-15-18-27(33)19-16-24)29(36)20-17-23-9-3-1-4-10-23/h1-16,18-19,30H,17,20-22H2,(H,34,37)/t30-/m0/s1. The van der Waals surface area contributed by atoms with Gasteiger partial charge in [0.1, 0.15) is 11.9 Å². The summed E-state index contributed by atoms with van der Waals surface area (Å²) in [6.45, 7) is 0.386. The molecule has 2 amide bonds. The number of nitrogens with zero attached hydrogens (tertiary/aromatic N) is 1. The van der Waals surface area contributed by atoms with E-state index in [9.17, 15) is 14.0 Å². The molecule has 0 saturated carbocycles. The number of carbonyl (C=O) groups excluding carboxylic acids is 2. The van der Waals surface area contributed by atoms with Crippen molar-refractivity contribution in [3.05, 3.63) is 142 Å². The number of hydrogen-bond acceptors (Lipinski definition) is 2. The summed E-state index contributed by atoms with van der Waals surface area (Å²) in [6.07, 6.45) is 0.772. The van der Waals surface area contributed by atoms with Gasteiger partial charge in [0.2, 0.25) is 11.8 Å². The van der Waals surface area contributed by atoms with Crippen LogP contribution in [0.2, 0.25) is 5.02 Å². The maximum Gasteiger partial charge on any atom is 0.247 e. The highest BCUT2D eigenvalue weighted by molar-refractivity contribution is 6.31. The fraction of sp³-hybridized carbons (Fsp3) is 0.161. The number of halogens is 2. The van der Waals surface area contributed by atoms with E-state index in [-0.39, 0.29) is 37.1 Å². The van der Waals surface area contributed by atoms with Gasteiger partial charge in [-0.15, -0.1) is 0 Å². The molecule has 0 aromatic heterocycles. The first kappa shape index (κ1) is 26.1. The monoisotopic (exact) mass is 514 g/mol. The number of amides is 2. The zero-order valence-electron chi connectivity index (χ0n) is 20.3. The third kappa shape index (κ3) is 7.28. The van der Waals surface area contributed by atoms with E-state index in [0.29, 0.717) is 17.0 Å². The van der Waals surface area contributed by atoms with Gasteiger partial charge in [-0.1, -0.05) is 103 Å². The molecule has 0 spiro atoms. The van der Waals surface area contributed by atoms with Crippen molar-refractivity contribution in [2.45, 2.75) is 32.0 Å². The molecule has 0 bridgehead atoms. The molecule has 0 saturated heterocycles. The van der Waals surface area contributed by atoms with E-state index < -0.39 is 6.04 Å². The van der Waals surface area contributed by atoms with Crippen LogP contribution in [0.15, 0.2) is 109 Å². The van der Waals surface area contributed by atoms with Gasteiger partial charge in [-0.2, -0.15) is 0 Å². The summed E-state index contributed by atoms with van der Waals surface area (Å²) < 4.78 is 13.6. The van der Waals surface area contributed by atoms with Gasteiger partial charge in [0.15, 0.2) is 0 Å². The maximum atomic E-state index is 13.7. The minimum atomic E-state index is -0.878. The van der Waals surface area contributed by atoms with Crippen LogP contribution in [0.3, 0.4) is 0 Å². The van der Waals surface area contributed by atoms with E-state index in [0.717, 1.165) is 16.7 Å². The Morgan fingerprint density at radius 2 is 1.41 bits per heavy atom. The molecule has 0 aliphatic rings. The SMILES string of the molecule is O=C(NCc1ccccc1Cl)[C@H](c1ccccc1)N(Cc1ccc(F)cc1)C(=O)CCc1ccccc1. The number of carbonyl (C=O) groups is 2. The third-order valence-corrected chi connectivity index (χ3v) is 6.51. The van der Waals surface area contributed by atoms with Crippen LogP contribution in [0.1, 0.15) is 34.7 Å². The topological polar surface area (TPSA) is 49.4 Å². The van der Waals surface area contributed by atoms with Gasteiger partial charge in [-0.3, -0.25) is 9.59 Å². The molecule has 0 heterocycles. The van der Waals surface area contributed by atoms with Crippen molar-refractivity contribution in [3.63, 3.8) is 0 Å². The number of aryl methyl sites for hydroxylation is 1. The Bertz CT molecular complexity index is 1310. The van der Waals surface area contributed by atoms with Gasteiger partial charge in [0, 0.05) is 24.5 Å². The lowest BCUT2D eigenvalue weighted by molar-refractivity contribution is -0.141. The highest BCUT2D eigenvalue weighted by atomic mass is 35.5. The van der Waals surface area contributed by atoms with E-state index in [1.54, 1.807) is 23.1 Å². The van der Waals surface area contributed by atoms with Crippen molar-refractivity contribution in [3.8, 4) is 0 Å². The third-order valence-electron chi connectivity index (χ3n) is 6.14. The Balaban J connectivity index is 1.63. The number of benzene rings is 4. The van der Waals surface area contributed by atoms with Crippen LogP contribution in [-0.2, 0) is 29.1 Å². The van der Waals surface area contributed by atoms with Crippen molar-refractivity contribution in [1.29, 1.82) is 0 Å². The first-order valence-electron chi connectivity index (χ1n) is 12.1. The molecule has 0 aliphatic heterocycles. The second-order valence-corrected chi connectivity index (χ2v) is 9.16. The zero-order valence-corrected chi connectivity index (χ0v) is 21.1. The summed E-state index contributed by atoms with van der Waals surface area (Å²) in [4.78, 5) is 28.9. The number of rotatable bonds is 10. The smallest absolute Gasteiger partial charge is 0.247 e. The Hall–Kier alpha value is -3.96. The van der Waals surface area contributed by atoms with Crippen molar-refractivity contribution in [1.82, 2.24) is 10.2 Å². The van der Waals surface area contributed by atoms with Gasteiger partial charge >= 0.3 is 0 Å². The van der Waals surface area contributed by atoms with Crippen LogP contribution < -0.4 is 5.32 Å². The molecule has 37 heavy (non-hydrogen) atoms. The normalized spacial score (nSPS) is 11.5. The number of hydrogen-bond donors (Lipinski definition) is 1. The summed E-state index contributed by atoms with van der Waals surface area (Å²) in [5, 5.41) is 3.52. The molecule has 4 aromatic carbocycles. The zero-order chi connectivity index (χ0) is 26.0. The lowest BCUT2D eigenvalue weighted by Crippen LogP contribution is -2.43. The molecule has 4 rings (SSSR count). The molecule has 4 aromatic rings. The molecule has 1 N–H and O–H groups in total. The average Bonchev–Trinajstić information content (AvgIpc) is 2.93. The highest BCUT2D eigenvalue weighted by Crippen LogP contribution is 2.26. The van der Waals surface area contributed by atoms with Crippen molar-refractivity contribution in [2.75, 3.05) is 0 Å². The highest BCUT2D eigenvalue weighted by Gasteiger charge is 2.31. The van der Waals surface area contributed by atoms with Gasteiger partial charge in [-0.05, 0) is 46.9 Å². The second-order valence-electron chi connectivity index (χ2n) is 8.76. The average molecular weight is 515 g/mol. The summed E-state index contributed by atoms with van der Waals surface area (Å²) in [7, 11) is 0. The van der Waals surface area contributed by atoms with E-state index in [1.807, 2.05) is 78.9 Å². The van der Waals surface area contributed by atoms with Crippen LogP contribution in [0.5, 0.6) is 0 Å². The van der Waals surface area contributed by atoms with Crippen LogP contribution in [0.4, 0.5) is 4.39 Å². The molecular formula is C31H28ClFN2O2. The maximum absolute atomic E-state index is 13.7. The molecule has 0 radical (unpaired) electrons. The van der Waals surface area contributed by atoms with Crippen LogP contribution in [-0.4, -0.2) is 16.7 Å². The van der Waals surface area contributed by atoms with E-state index in [4.69, 9.17) is 11.6 Å². The fourth-order valence-electron chi connectivity index (χ4n) is 4.18. The van der Waals surface area contributed by atoms with Gasteiger partial charge < -0.3 is 10.2 Å². The fourth-order valence-corrected chi connectivity index (χ4v) is 4.38. The van der Waals surface area contributed by atoms with Crippen LogP contribution in [0, 0.1) is 5.82 Å². The largest absolute Gasteiger partial charge is 0.350 e. The second kappa shape index (κ2) is 12.8. The predicted molar refractivity (Wildman–Crippen MR) is 144 cm³/mol. The first-order chi connectivity index (χ1) is 18.0. The molecule has 1 atom stereocenters. The minimum absolute atomic E-state index is 0.160. The van der Waals surface area contributed by atoms with Gasteiger partial charge in [-0.25, -0.2) is 4.39 Å². The molecule has 4 nitrogen and oxygen atoms in total. The van der Waals surface area contributed by atoms with Crippen LogP contribution in [0.25, 0.3) is 0 Å². The van der Waals surface area contributed by atoms with E-state index >= 15 is 0 Å². The van der Waals surface area contributed by atoms with Gasteiger partial charge in [0.25, 0.3) is 0 Å². The lowest BCUT2D eigenvalue weighted by atomic mass is 10.0. The Kier molecular flexibility index (Phi) is 9.06. The lowest BCUT2D eigenvalue weighted by Gasteiger charge is -2.32. The molecular weight excluding hydrogens is 487 g/mol. The number of nitrogens with one attached hydrogen (secondary N) is 1. The minimum Gasteiger partial charge on any atom is -0.350 e.